The number of hydrogen-bond acceptors (Lipinski definition) is 5. The minimum Gasteiger partial charge on any atom is -0.482 e. The first-order chi connectivity index (χ1) is 17.0. The molecule has 3 atom stereocenters. The summed E-state index contributed by atoms with van der Waals surface area (Å²) in [6.45, 7) is 2.06. The van der Waals surface area contributed by atoms with Crippen LogP contribution in [0, 0.1) is 3.57 Å². The number of benzene rings is 1. The molecule has 2 aliphatic carbocycles. The first kappa shape index (κ1) is 27.9. The maximum absolute atomic E-state index is 13.5. The maximum Gasteiger partial charge on any atom is 0.247 e. The van der Waals surface area contributed by atoms with Gasteiger partial charge in [-0.25, -0.2) is 0 Å². The van der Waals surface area contributed by atoms with Gasteiger partial charge in [0.1, 0.15) is 18.0 Å². The highest BCUT2D eigenvalue weighted by Crippen LogP contribution is 2.33. The summed E-state index contributed by atoms with van der Waals surface area (Å²) in [4.78, 5) is 28.4. The van der Waals surface area contributed by atoms with Crippen LogP contribution in [0.15, 0.2) is 35.9 Å². The second-order valence-electron chi connectivity index (χ2n) is 9.50. The van der Waals surface area contributed by atoms with Crippen molar-refractivity contribution < 1.29 is 24.5 Å². The molecule has 1 aromatic rings. The van der Waals surface area contributed by atoms with Crippen LogP contribution < -0.4 is 10.1 Å². The predicted molar refractivity (Wildman–Crippen MR) is 144 cm³/mol. The molecule has 0 aliphatic heterocycles. The summed E-state index contributed by atoms with van der Waals surface area (Å²) >= 11 is 2.19. The Bertz CT molecular complexity index is 869. The van der Waals surface area contributed by atoms with E-state index < -0.39 is 18.2 Å². The molecule has 194 valence electrons. The molecular weight excluding hydrogens is 559 g/mol. The van der Waals surface area contributed by atoms with Gasteiger partial charge >= 0.3 is 0 Å². The van der Waals surface area contributed by atoms with E-state index in [4.69, 9.17) is 4.74 Å². The van der Waals surface area contributed by atoms with Gasteiger partial charge in [-0.1, -0.05) is 51.2 Å². The number of halogens is 1. The number of amides is 2. The Kier molecular flexibility index (Phi) is 11.3. The lowest BCUT2D eigenvalue weighted by molar-refractivity contribution is -0.142. The average Bonchev–Trinajstić information content (AvgIpc) is 3.14. The van der Waals surface area contributed by atoms with Crippen LogP contribution in [0.25, 0.3) is 0 Å². The predicted octanol–water partition coefficient (Wildman–Crippen LogP) is 3.95. The van der Waals surface area contributed by atoms with Gasteiger partial charge in [-0.15, -0.1) is 0 Å². The molecule has 7 nitrogen and oxygen atoms in total. The molecule has 0 spiro atoms. The van der Waals surface area contributed by atoms with Crippen LogP contribution in [0.2, 0.25) is 0 Å². The van der Waals surface area contributed by atoms with Gasteiger partial charge in [0.2, 0.25) is 11.8 Å². The van der Waals surface area contributed by atoms with Crippen LogP contribution in [0.1, 0.15) is 71.1 Å². The Morgan fingerprint density at radius 2 is 1.89 bits per heavy atom. The lowest BCUT2D eigenvalue weighted by Crippen LogP contribution is -2.58. The summed E-state index contributed by atoms with van der Waals surface area (Å²) in [7, 11) is 0. The number of hydrogen-bond donors (Lipinski definition) is 3. The number of ether oxygens (including phenoxy) is 1. The third kappa shape index (κ3) is 7.67. The Labute approximate surface area is 222 Å². The van der Waals surface area contributed by atoms with Crippen LogP contribution in [0.3, 0.4) is 0 Å². The molecule has 0 heterocycles. The van der Waals surface area contributed by atoms with Crippen LogP contribution in [0.5, 0.6) is 5.75 Å². The van der Waals surface area contributed by atoms with Gasteiger partial charge < -0.3 is 25.2 Å². The molecule has 0 unspecified atom stereocenters. The van der Waals surface area contributed by atoms with E-state index in [1.807, 2.05) is 29.2 Å². The Morgan fingerprint density at radius 1 is 1.17 bits per heavy atom. The fourth-order valence-corrected chi connectivity index (χ4v) is 5.60. The second kappa shape index (κ2) is 14.2. The Morgan fingerprint density at radius 3 is 2.54 bits per heavy atom. The van der Waals surface area contributed by atoms with Crippen molar-refractivity contribution in [3.63, 3.8) is 0 Å². The number of aliphatic hydroxyl groups is 2. The van der Waals surface area contributed by atoms with Crippen molar-refractivity contribution in [2.45, 2.75) is 95.4 Å². The first-order valence-corrected chi connectivity index (χ1v) is 14.0. The number of para-hydroxylation sites is 1. The lowest BCUT2D eigenvalue weighted by atomic mass is 9.86. The van der Waals surface area contributed by atoms with E-state index in [1.54, 1.807) is 6.08 Å². The molecule has 3 N–H and O–H groups in total. The van der Waals surface area contributed by atoms with E-state index in [-0.39, 0.29) is 37.4 Å². The van der Waals surface area contributed by atoms with E-state index in [2.05, 4.69) is 34.8 Å². The van der Waals surface area contributed by atoms with Crippen molar-refractivity contribution >= 4 is 34.4 Å². The summed E-state index contributed by atoms with van der Waals surface area (Å²) in [6, 6.07) is 7.06. The fraction of sp³-hybridized carbons (Fsp3) is 0.630. The first-order valence-electron chi connectivity index (χ1n) is 13.0. The standard InChI is InChI=1S/C27H39IN2O5/c1-2-3-14-25(32)30(20-10-6-4-5-7-11-20)22-17-19(27(34)29-15-16-31)18-24(26(22)33)35-23-13-9-8-12-21(23)28/h8-9,12-13,18,20,22,24,26,31,33H,2-7,10-11,14-17H2,1H3,(H,29,34)/t22-,24+,26+/m1/s1. The third-order valence-corrected chi connectivity index (χ3v) is 7.81. The van der Waals surface area contributed by atoms with Gasteiger partial charge in [-0.3, -0.25) is 9.59 Å². The highest BCUT2D eigenvalue weighted by atomic mass is 127. The summed E-state index contributed by atoms with van der Waals surface area (Å²) in [5, 5.41) is 23.5. The van der Waals surface area contributed by atoms with Crippen molar-refractivity contribution in [1.82, 2.24) is 10.2 Å². The average molecular weight is 599 g/mol. The van der Waals surface area contributed by atoms with Crippen LogP contribution >= 0.6 is 22.6 Å². The topological polar surface area (TPSA) is 99.1 Å². The van der Waals surface area contributed by atoms with Crippen molar-refractivity contribution in [3.8, 4) is 5.75 Å². The van der Waals surface area contributed by atoms with E-state index in [1.165, 1.54) is 0 Å². The minimum atomic E-state index is -0.964. The number of carbonyl (C=O) groups excluding carboxylic acids is 2. The molecule has 2 amide bonds. The van der Waals surface area contributed by atoms with Gasteiger partial charge in [0.15, 0.2) is 0 Å². The molecule has 0 aromatic heterocycles. The molecule has 1 fully saturated rings. The number of unbranched alkanes of at least 4 members (excludes halogenated alkanes) is 1. The van der Waals surface area contributed by atoms with Crippen LogP contribution in [0.4, 0.5) is 0 Å². The quantitative estimate of drug-likeness (QED) is 0.280. The van der Waals surface area contributed by atoms with Crippen LogP contribution in [-0.2, 0) is 9.59 Å². The number of aliphatic hydroxyl groups excluding tert-OH is 2. The third-order valence-electron chi connectivity index (χ3n) is 6.92. The summed E-state index contributed by atoms with van der Waals surface area (Å²) in [6.07, 6.45) is 8.64. The van der Waals surface area contributed by atoms with E-state index in [9.17, 15) is 19.8 Å². The smallest absolute Gasteiger partial charge is 0.247 e. The van der Waals surface area contributed by atoms with Gasteiger partial charge in [-0.05, 0) is 60.1 Å². The van der Waals surface area contributed by atoms with Crippen molar-refractivity contribution in [3.05, 3.63) is 39.5 Å². The molecule has 2 aliphatic rings. The van der Waals surface area contributed by atoms with Gasteiger partial charge in [-0.2, -0.15) is 0 Å². The number of nitrogens with one attached hydrogen (secondary N) is 1. The zero-order valence-corrected chi connectivity index (χ0v) is 22.8. The lowest BCUT2D eigenvalue weighted by Gasteiger charge is -2.44. The monoisotopic (exact) mass is 598 g/mol. The summed E-state index contributed by atoms with van der Waals surface area (Å²) in [5.74, 6) is 0.379. The van der Waals surface area contributed by atoms with E-state index in [0.717, 1.165) is 54.9 Å². The molecule has 0 saturated heterocycles. The zero-order valence-electron chi connectivity index (χ0n) is 20.6. The van der Waals surface area contributed by atoms with Crippen LogP contribution in [-0.4, -0.2) is 64.4 Å². The van der Waals surface area contributed by atoms with Crippen molar-refractivity contribution in [1.29, 1.82) is 0 Å². The van der Waals surface area contributed by atoms with Crippen molar-refractivity contribution in [2.75, 3.05) is 13.2 Å². The van der Waals surface area contributed by atoms with Gasteiger partial charge in [0.05, 0.1) is 16.2 Å². The molecule has 3 rings (SSSR count). The van der Waals surface area contributed by atoms with Crippen molar-refractivity contribution in [2.24, 2.45) is 0 Å². The molecule has 0 radical (unpaired) electrons. The highest BCUT2D eigenvalue weighted by molar-refractivity contribution is 14.1. The molecular formula is C27H39IN2O5. The second-order valence-corrected chi connectivity index (χ2v) is 10.7. The highest BCUT2D eigenvalue weighted by Gasteiger charge is 2.42. The Balaban J connectivity index is 1.95. The van der Waals surface area contributed by atoms with Gasteiger partial charge in [0.25, 0.3) is 0 Å². The number of carbonyl (C=O) groups is 2. The van der Waals surface area contributed by atoms with E-state index >= 15 is 0 Å². The maximum atomic E-state index is 13.5. The summed E-state index contributed by atoms with van der Waals surface area (Å²) < 4.78 is 7.14. The molecule has 0 bridgehead atoms. The number of nitrogens with zero attached hydrogens (tertiary/aromatic N) is 1. The molecule has 35 heavy (non-hydrogen) atoms. The molecule has 8 heteroatoms. The molecule has 1 saturated carbocycles. The zero-order chi connectivity index (χ0) is 25.2. The SMILES string of the molecule is CCCCC(=O)N(C1CCCCCC1)[C@@H]1CC(C(=O)NCCO)=C[C@H](Oc2ccccc2I)[C@H]1O. The summed E-state index contributed by atoms with van der Waals surface area (Å²) in [5.41, 5.74) is 0.478. The van der Waals surface area contributed by atoms with E-state index in [0.29, 0.717) is 17.7 Å². The Hall–Kier alpha value is -1.65. The van der Waals surface area contributed by atoms with Gasteiger partial charge in [0, 0.05) is 31.0 Å². The largest absolute Gasteiger partial charge is 0.482 e. The fourth-order valence-electron chi connectivity index (χ4n) is 5.09. The minimum absolute atomic E-state index is 0.0489. The normalized spacial score (nSPS) is 23.2. The number of rotatable bonds is 10. The molecule has 1 aromatic carbocycles.